The predicted octanol–water partition coefficient (Wildman–Crippen LogP) is 2.47. The van der Waals surface area contributed by atoms with E-state index in [9.17, 15) is 23.7 Å². The van der Waals surface area contributed by atoms with Crippen LogP contribution in [0.4, 0.5) is 20.2 Å². The minimum absolute atomic E-state index is 0.269. The van der Waals surface area contributed by atoms with Gasteiger partial charge in [-0.25, -0.2) is 4.39 Å². The van der Waals surface area contributed by atoms with Crippen molar-refractivity contribution in [3.05, 3.63) is 50.8 Å². The first kappa shape index (κ1) is 14.6. The lowest BCUT2D eigenvalue weighted by Gasteiger charge is -2.07. The largest absolute Gasteiger partial charge is 0.319 e. The van der Waals surface area contributed by atoms with E-state index in [1.165, 1.54) is 0 Å². The minimum atomic E-state index is -1.52. The second-order valence-corrected chi connectivity index (χ2v) is 4.28. The van der Waals surface area contributed by atoms with E-state index in [0.29, 0.717) is 23.5 Å². The first-order chi connectivity index (χ1) is 9.82. The number of aromatic amines is 1. The lowest BCUT2D eigenvalue weighted by Crippen LogP contribution is -2.17. The average Bonchev–Trinajstić information content (AvgIpc) is 2.70. The monoisotopic (exact) mass is 296 g/mol. The Morgan fingerprint density at radius 1 is 1.38 bits per heavy atom. The molecule has 1 aromatic carbocycles. The summed E-state index contributed by atoms with van der Waals surface area (Å²) in [5.74, 6) is -3.83. The number of hydrogen-bond donors (Lipinski definition) is 2. The van der Waals surface area contributed by atoms with Crippen molar-refractivity contribution >= 4 is 17.3 Å². The Kier molecular flexibility index (Phi) is 3.66. The van der Waals surface area contributed by atoms with Crippen LogP contribution in [-0.2, 0) is 0 Å². The quantitative estimate of drug-likeness (QED) is 0.671. The number of nitrogens with zero attached hydrogens (tertiary/aromatic N) is 2. The topological polar surface area (TPSA) is 101 Å². The highest BCUT2D eigenvalue weighted by Gasteiger charge is 2.27. The zero-order valence-corrected chi connectivity index (χ0v) is 11.0. The summed E-state index contributed by atoms with van der Waals surface area (Å²) in [5, 5.41) is 19.3. The van der Waals surface area contributed by atoms with E-state index >= 15 is 0 Å². The molecule has 0 unspecified atom stereocenters. The number of aryl methyl sites for hydroxylation is 2. The van der Waals surface area contributed by atoms with Crippen molar-refractivity contribution in [2.75, 3.05) is 5.32 Å². The van der Waals surface area contributed by atoms with Gasteiger partial charge in [0.25, 0.3) is 5.91 Å². The molecular formula is C12H10F2N4O3. The van der Waals surface area contributed by atoms with E-state index in [1.54, 1.807) is 13.8 Å². The first-order valence-electron chi connectivity index (χ1n) is 5.78. The van der Waals surface area contributed by atoms with E-state index < -0.39 is 33.7 Å². The smallest absolute Gasteiger partial charge is 0.305 e. The van der Waals surface area contributed by atoms with Gasteiger partial charge < -0.3 is 5.32 Å². The molecule has 7 nitrogen and oxygen atoms in total. The molecule has 2 N–H and O–H groups in total. The number of aromatic nitrogens is 2. The molecule has 0 spiro atoms. The molecule has 0 radical (unpaired) electrons. The van der Waals surface area contributed by atoms with Gasteiger partial charge in [0.1, 0.15) is 11.4 Å². The maximum Gasteiger partial charge on any atom is 0.305 e. The van der Waals surface area contributed by atoms with Crippen LogP contribution in [0.1, 0.15) is 21.7 Å². The summed E-state index contributed by atoms with van der Waals surface area (Å²) in [6.45, 7) is 3.19. The molecule has 0 saturated carbocycles. The van der Waals surface area contributed by atoms with Gasteiger partial charge in [0.2, 0.25) is 5.82 Å². The number of rotatable bonds is 3. The maximum absolute atomic E-state index is 13.9. The fraction of sp³-hybridized carbons (Fsp3) is 0.167. The number of carbonyl (C=O) groups is 1. The molecular weight excluding hydrogens is 286 g/mol. The number of amides is 1. The summed E-state index contributed by atoms with van der Waals surface area (Å²) in [6, 6.07) is 1.33. The molecule has 1 amide bonds. The highest BCUT2D eigenvalue weighted by Crippen LogP contribution is 2.25. The maximum atomic E-state index is 13.9. The van der Waals surface area contributed by atoms with Gasteiger partial charge in [-0.3, -0.25) is 20.0 Å². The molecule has 21 heavy (non-hydrogen) atoms. The number of halogens is 2. The minimum Gasteiger partial charge on any atom is -0.319 e. The van der Waals surface area contributed by atoms with Crippen LogP contribution in [0.2, 0.25) is 0 Å². The Hall–Kier alpha value is -2.84. The fourth-order valence-electron chi connectivity index (χ4n) is 1.80. The number of nitro benzene ring substituents is 1. The molecule has 9 heteroatoms. The molecule has 0 aliphatic heterocycles. The lowest BCUT2D eigenvalue weighted by molar-refractivity contribution is -0.387. The summed E-state index contributed by atoms with van der Waals surface area (Å²) in [7, 11) is 0. The van der Waals surface area contributed by atoms with Crippen molar-refractivity contribution in [3.8, 4) is 0 Å². The van der Waals surface area contributed by atoms with Crippen LogP contribution in [-0.4, -0.2) is 21.0 Å². The number of H-pyrrole nitrogens is 1. The predicted molar refractivity (Wildman–Crippen MR) is 69.0 cm³/mol. The molecule has 2 aromatic rings. The van der Waals surface area contributed by atoms with Gasteiger partial charge in [0.15, 0.2) is 0 Å². The van der Waals surface area contributed by atoms with Crippen molar-refractivity contribution < 1.29 is 18.5 Å². The molecule has 0 aliphatic rings. The Balaban J connectivity index is 2.44. The summed E-state index contributed by atoms with van der Waals surface area (Å²) < 4.78 is 27.5. The molecule has 0 atom stereocenters. The zero-order valence-electron chi connectivity index (χ0n) is 11.0. The van der Waals surface area contributed by atoms with Crippen molar-refractivity contribution in [1.82, 2.24) is 10.2 Å². The van der Waals surface area contributed by atoms with Crippen LogP contribution in [0.25, 0.3) is 0 Å². The fourth-order valence-corrected chi connectivity index (χ4v) is 1.80. The molecule has 110 valence electrons. The van der Waals surface area contributed by atoms with Gasteiger partial charge >= 0.3 is 5.69 Å². The van der Waals surface area contributed by atoms with Crippen LogP contribution in [0, 0.1) is 35.6 Å². The zero-order chi connectivity index (χ0) is 15.7. The molecule has 0 fully saturated rings. The number of anilines is 1. The van der Waals surface area contributed by atoms with Gasteiger partial charge in [0.05, 0.1) is 22.0 Å². The highest BCUT2D eigenvalue weighted by molar-refractivity contribution is 6.05. The number of nitrogens with one attached hydrogen (secondary N) is 2. The molecule has 0 aliphatic carbocycles. The second-order valence-electron chi connectivity index (χ2n) is 4.28. The molecule has 1 heterocycles. The average molecular weight is 296 g/mol. The molecule has 0 bridgehead atoms. The Morgan fingerprint density at radius 3 is 2.57 bits per heavy atom. The molecule has 1 aromatic heterocycles. The second kappa shape index (κ2) is 5.27. The third kappa shape index (κ3) is 2.57. The van der Waals surface area contributed by atoms with Gasteiger partial charge in [-0.1, -0.05) is 0 Å². The van der Waals surface area contributed by atoms with Crippen LogP contribution in [0.3, 0.4) is 0 Å². The van der Waals surface area contributed by atoms with Gasteiger partial charge in [-0.05, 0) is 19.9 Å². The normalized spacial score (nSPS) is 10.5. The Morgan fingerprint density at radius 2 is 2.05 bits per heavy atom. The van der Waals surface area contributed by atoms with E-state index in [-0.39, 0.29) is 5.69 Å². The molecule has 0 saturated heterocycles. The van der Waals surface area contributed by atoms with E-state index in [0.717, 1.165) is 0 Å². The number of nitro groups is 1. The number of benzene rings is 1. The Labute approximate surface area is 117 Å². The lowest BCUT2D eigenvalue weighted by atomic mass is 10.1. The first-order valence-corrected chi connectivity index (χ1v) is 5.78. The number of carbonyl (C=O) groups excluding carboxylic acids is 1. The van der Waals surface area contributed by atoms with Crippen LogP contribution < -0.4 is 5.32 Å². The van der Waals surface area contributed by atoms with Crippen LogP contribution in [0.15, 0.2) is 12.1 Å². The Bertz CT molecular complexity index is 723. The molecule has 2 rings (SSSR count). The third-order valence-electron chi connectivity index (χ3n) is 2.86. The standard InChI is InChI=1S/C12H10F2N4O3/c1-5-11(6(2)17-16-5)15-12(19)9-7(13)3-4-8(10(9)14)18(20)21/h3-4H,1-2H3,(H,15,19)(H,16,17). The summed E-state index contributed by atoms with van der Waals surface area (Å²) in [4.78, 5) is 21.6. The van der Waals surface area contributed by atoms with E-state index in [4.69, 9.17) is 0 Å². The van der Waals surface area contributed by atoms with Crippen molar-refractivity contribution in [3.63, 3.8) is 0 Å². The van der Waals surface area contributed by atoms with E-state index in [2.05, 4.69) is 15.5 Å². The summed E-state index contributed by atoms with van der Waals surface area (Å²) in [5.41, 5.74) is -0.795. The van der Waals surface area contributed by atoms with Crippen molar-refractivity contribution in [1.29, 1.82) is 0 Å². The van der Waals surface area contributed by atoms with Crippen LogP contribution in [0.5, 0.6) is 0 Å². The third-order valence-corrected chi connectivity index (χ3v) is 2.86. The summed E-state index contributed by atoms with van der Waals surface area (Å²) >= 11 is 0. The SMILES string of the molecule is Cc1n[nH]c(C)c1NC(=O)c1c(F)ccc([N+](=O)[O-])c1F. The van der Waals surface area contributed by atoms with Gasteiger partial charge in [0, 0.05) is 6.07 Å². The van der Waals surface area contributed by atoms with Gasteiger partial charge in [-0.15, -0.1) is 0 Å². The van der Waals surface area contributed by atoms with Crippen molar-refractivity contribution in [2.45, 2.75) is 13.8 Å². The summed E-state index contributed by atoms with van der Waals surface area (Å²) in [6.07, 6.45) is 0. The van der Waals surface area contributed by atoms with E-state index in [1.807, 2.05) is 0 Å². The van der Waals surface area contributed by atoms with Crippen molar-refractivity contribution in [2.24, 2.45) is 0 Å². The number of hydrogen-bond acceptors (Lipinski definition) is 4. The van der Waals surface area contributed by atoms with Gasteiger partial charge in [-0.2, -0.15) is 9.49 Å². The highest BCUT2D eigenvalue weighted by atomic mass is 19.1. The van der Waals surface area contributed by atoms with Crippen LogP contribution >= 0.6 is 0 Å².